The topological polar surface area (TPSA) is 72.7 Å². The minimum atomic E-state index is -0.0258. The van der Waals surface area contributed by atoms with Crippen molar-refractivity contribution in [2.45, 2.75) is 38.4 Å². The molecule has 0 aliphatic rings. The zero-order valence-corrected chi connectivity index (χ0v) is 17.6. The molecular formula is C20H22ClN5OS. The van der Waals surface area contributed by atoms with Crippen LogP contribution in [0.4, 0.5) is 0 Å². The molecule has 0 saturated carbocycles. The van der Waals surface area contributed by atoms with Crippen LogP contribution in [0.25, 0.3) is 17.1 Å². The van der Waals surface area contributed by atoms with Gasteiger partial charge < -0.3 is 5.32 Å². The fourth-order valence-corrected chi connectivity index (χ4v) is 3.58. The summed E-state index contributed by atoms with van der Waals surface area (Å²) in [6.45, 7) is 5.98. The molecule has 0 bridgehead atoms. The summed E-state index contributed by atoms with van der Waals surface area (Å²) in [5, 5.41) is 13.0. The van der Waals surface area contributed by atoms with E-state index in [4.69, 9.17) is 11.6 Å². The molecule has 0 fully saturated rings. The first-order valence-electron chi connectivity index (χ1n) is 9.04. The number of rotatable bonds is 7. The molecule has 0 aliphatic carbocycles. The number of carbonyl (C=O) groups excluding carboxylic acids is 1. The third-order valence-electron chi connectivity index (χ3n) is 4.40. The van der Waals surface area contributed by atoms with Crippen molar-refractivity contribution in [2.24, 2.45) is 0 Å². The predicted octanol–water partition coefficient (Wildman–Crippen LogP) is 4.30. The van der Waals surface area contributed by atoms with Crippen LogP contribution in [0.2, 0.25) is 5.02 Å². The lowest BCUT2D eigenvalue weighted by molar-refractivity contribution is -0.119. The van der Waals surface area contributed by atoms with Crippen LogP contribution < -0.4 is 5.32 Å². The largest absolute Gasteiger partial charge is 0.353 e. The van der Waals surface area contributed by atoms with E-state index in [1.54, 1.807) is 12.4 Å². The Morgan fingerprint density at radius 1 is 1.25 bits per heavy atom. The van der Waals surface area contributed by atoms with Gasteiger partial charge in [0.2, 0.25) is 5.91 Å². The normalized spacial score (nSPS) is 12.0. The van der Waals surface area contributed by atoms with E-state index in [0.29, 0.717) is 16.0 Å². The quantitative estimate of drug-likeness (QED) is 0.582. The first kappa shape index (κ1) is 20.4. The first-order chi connectivity index (χ1) is 13.5. The van der Waals surface area contributed by atoms with Crippen molar-refractivity contribution in [3.63, 3.8) is 0 Å². The van der Waals surface area contributed by atoms with Gasteiger partial charge in [-0.3, -0.25) is 14.3 Å². The van der Waals surface area contributed by atoms with Crippen LogP contribution in [0.5, 0.6) is 0 Å². The number of carbonyl (C=O) groups is 1. The molecule has 8 heteroatoms. The third-order valence-corrected chi connectivity index (χ3v) is 5.74. The summed E-state index contributed by atoms with van der Waals surface area (Å²) in [5.41, 5.74) is 2.69. The molecule has 0 radical (unpaired) electrons. The van der Waals surface area contributed by atoms with Crippen LogP contribution in [0.3, 0.4) is 0 Å². The van der Waals surface area contributed by atoms with Gasteiger partial charge in [0, 0.05) is 29.0 Å². The number of pyridine rings is 1. The highest BCUT2D eigenvalue weighted by Gasteiger charge is 2.19. The van der Waals surface area contributed by atoms with Crippen LogP contribution >= 0.6 is 23.4 Å². The fraction of sp³-hybridized carbons (Fsp3) is 0.300. The zero-order valence-electron chi connectivity index (χ0n) is 16.0. The molecule has 2 aromatic heterocycles. The second-order valence-electron chi connectivity index (χ2n) is 6.43. The Morgan fingerprint density at radius 2 is 2.00 bits per heavy atom. The first-order valence-corrected chi connectivity index (χ1v) is 10.4. The maximum absolute atomic E-state index is 12.2. The number of thioether (sulfide) groups is 1. The van der Waals surface area contributed by atoms with Crippen LogP contribution in [-0.4, -0.2) is 37.5 Å². The van der Waals surface area contributed by atoms with Gasteiger partial charge in [0.1, 0.15) is 0 Å². The van der Waals surface area contributed by atoms with E-state index >= 15 is 0 Å². The second-order valence-corrected chi connectivity index (χ2v) is 7.78. The second kappa shape index (κ2) is 9.21. The maximum Gasteiger partial charge on any atom is 0.230 e. The summed E-state index contributed by atoms with van der Waals surface area (Å²) in [5.74, 6) is 0.915. The number of nitrogens with zero attached hydrogens (tertiary/aromatic N) is 4. The van der Waals surface area contributed by atoms with Gasteiger partial charge in [-0.15, -0.1) is 10.2 Å². The Hall–Kier alpha value is -2.38. The Kier molecular flexibility index (Phi) is 6.70. The Labute approximate surface area is 173 Å². The lowest BCUT2D eigenvalue weighted by Gasteiger charge is -2.14. The average Bonchev–Trinajstić information content (AvgIpc) is 3.12. The van der Waals surface area contributed by atoms with Gasteiger partial charge in [-0.25, -0.2) is 0 Å². The van der Waals surface area contributed by atoms with E-state index in [-0.39, 0.29) is 17.7 Å². The van der Waals surface area contributed by atoms with Crippen molar-refractivity contribution < 1.29 is 4.79 Å². The van der Waals surface area contributed by atoms with Gasteiger partial charge in [-0.05, 0) is 50.1 Å². The van der Waals surface area contributed by atoms with Gasteiger partial charge in [0.15, 0.2) is 11.0 Å². The smallest absolute Gasteiger partial charge is 0.230 e. The van der Waals surface area contributed by atoms with Crippen molar-refractivity contribution >= 4 is 29.3 Å². The molecule has 0 spiro atoms. The molecule has 3 aromatic rings. The number of halogens is 1. The maximum atomic E-state index is 12.2. The van der Waals surface area contributed by atoms with Crippen LogP contribution in [-0.2, 0) is 4.79 Å². The molecule has 28 heavy (non-hydrogen) atoms. The highest BCUT2D eigenvalue weighted by atomic mass is 35.5. The highest BCUT2D eigenvalue weighted by molar-refractivity contribution is 7.99. The molecule has 6 nitrogen and oxygen atoms in total. The predicted molar refractivity (Wildman–Crippen MR) is 113 cm³/mol. The van der Waals surface area contributed by atoms with Crippen LogP contribution in [0, 0.1) is 6.92 Å². The van der Waals surface area contributed by atoms with Gasteiger partial charge in [-0.1, -0.05) is 36.4 Å². The monoisotopic (exact) mass is 415 g/mol. The van der Waals surface area contributed by atoms with E-state index in [2.05, 4.69) is 20.5 Å². The molecular weight excluding hydrogens is 394 g/mol. The summed E-state index contributed by atoms with van der Waals surface area (Å²) < 4.78 is 1.94. The van der Waals surface area contributed by atoms with Crippen molar-refractivity contribution in [3.8, 4) is 17.1 Å². The number of nitrogens with one attached hydrogen (secondary N) is 1. The molecule has 1 amide bonds. The number of aromatic nitrogens is 4. The molecule has 3 rings (SSSR count). The number of amides is 1. The summed E-state index contributed by atoms with van der Waals surface area (Å²) >= 11 is 7.70. The molecule has 1 atom stereocenters. The van der Waals surface area contributed by atoms with Crippen molar-refractivity contribution in [1.82, 2.24) is 25.1 Å². The van der Waals surface area contributed by atoms with Gasteiger partial charge >= 0.3 is 0 Å². The summed E-state index contributed by atoms with van der Waals surface area (Å²) in [4.78, 5) is 16.3. The lowest BCUT2D eigenvalue weighted by atomic mass is 10.2. The number of hydrogen-bond donors (Lipinski definition) is 1. The van der Waals surface area contributed by atoms with Crippen molar-refractivity contribution in [3.05, 3.63) is 53.3 Å². The van der Waals surface area contributed by atoms with E-state index < -0.39 is 0 Å². The zero-order chi connectivity index (χ0) is 20.1. The number of benzene rings is 1. The SMILES string of the molecule is CC[C@@H](C)NC(=O)CSc1nnc(-c2ccncc2)n1-c1cccc(Cl)c1C. The minimum absolute atomic E-state index is 0.0258. The fourth-order valence-electron chi connectivity index (χ4n) is 2.66. The summed E-state index contributed by atoms with van der Waals surface area (Å²) in [6.07, 6.45) is 4.32. The molecule has 0 aliphatic heterocycles. The summed E-state index contributed by atoms with van der Waals surface area (Å²) in [6, 6.07) is 9.62. The van der Waals surface area contributed by atoms with Crippen molar-refractivity contribution in [2.75, 3.05) is 5.75 Å². The van der Waals surface area contributed by atoms with E-state index in [0.717, 1.165) is 23.2 Å². The molecule has 1 N–H and O–H groups in total. The van der Waals surface area contributed by atoms with Crippen molar-refractivity contribution in [1.29, 1.82) is 0 Å². The highest BCUT2D eigenvalue weighted by Crippen LogP contribution is 2.31. The molecule has 0 saturated heterocycles. The van der Waals surface area contributed by atoms with E-state index in [1.165, 1.54) is 11.8 Å². The average molecular weight is 416 g/mol. The van der Waals surface area contributed by atoms with Gasteiger partial charge in [0.05, 0.1) is 11.4 Å². The van der Waals surface area contributed by atoms with E-state index in [1.807, 2.05) is 55.7 Å². The third kappa shape index (κ3) is 4.54. The van der Waals surface area contributed by atoms with Gasteiger partial charge in [-0.2, -0.15) is 0 Å². The standard InChI is InChI=1S/C20H22ClN5OS/c1-4-13(2)23-18(27)12-28-20-25-24-19(15-8-10-22-11-9-15)26(20)17-7-5-6-16(21)14(17)3/h5-11,13H,4,12H2,1-3H3,(H,23,27)/t13-/m1/s1. The van der Waals surface area contributed by atoms with Gasteiger partial charge in [0.25, 0.3) is 0 Å². The van der Waals surface area contributed by atoms with Crippen LogP contribution in [0.15, 0.2) is 47.9 Å². The minimum Gasteiger partial charge on any atom is -0.353 e. The lowest BCUT2D eigenvalue weighted by Crippen LogP contribution is -2.33. The molecule has 146 valence electrons. The molecule has 1 aromatic carbocycles. The Bertz CT molecular complexity index is 960. The Morgan fingerprint density at radius 3 is 2.71 bits per heavy atom. The molecule has 0 unspecified atom stereocenters. The number of hydrogen-bond acceptors (Lipinski definition) is 5. The molecule has 2 heterocycles. The summed E-state index contributed by atoms with van der Waals surface area (Å²) in [7, 11) is 0. The van der Waals surface area contributed by atoms with Crippen LogP contribution in [0.1, 0.15) is 25.8 Å². The van der Waals surface area contributed by atoms with E-state index in [9.17, 15) is 4.79 Å². The Balaban J connectivity index is 1.98.